The first-order chi connectivity index (χ1) is 16.5. The van der Waals surface area contributed by atoms with E-state index in [1.54, 1.807) is 16.4 Å². The Morgan fingerprint density at radius 2 is 1.82 bits per heavy atom. The molecule has 8 heteroatoms. The van der Waals surface area contributed by atoms with Crippen LogP contribution in [-0.2, 0) is 40.6 Å². The predicted molar refractivity (Wildman–Crippen MR) is 133 cm³/mol. The number of amides is 1. The highest BCUT2D eigenvalue weighted by Crippen LogP contribution is 2.27. The Labute approximate surface area is 201 Å². The second-order valence-electron chi connectivity index (χ2n) is 9.33. The molecule has 2 aromatic carbocycles. The molecule has 5 rings (SSSR count). The van der Waals surface area contributed by atoms with Gasteiger partial charge in [0, 0.05) is 38.2 Å². The molecule has 0 bridgehead atoms. The Morgan fingerprint density at radius 3 is 2.62 bits per heavy atom. The molecular weight excluding hydrogens is 448 g/mol. The molecule has 0 spiro atoms. The maximum atomic E-state index is 13.0. The maximum absolute atomic E-state index is 13.0. The average Bonchev–Trinajstić information content (AvgIpc) is 3.58. The number of carbonyl (C=O) groups excluding carboxylic acids is 1. The van der Waals surface area contributed by atoms with Gasteiger partial charge in [-0.3, -0.25) is 4.79 Å². The molecule has 1 aromatic heterocycles. The van der Waals surface area contributed by atoms with Crippen molar-refractivity contribution in [1.82, 2.24) is 13.9 Å². The van der Waals surface area contributed by atoms with Crippen molar-refractivity contribution in [3.05, 3.63) is 53.3 Å². The normalized spacial score (nSPS) is 16.3. The third kappa shape index (κ3) is 4.49. The van der Waals surface area contributed by atoms with Crippen LogP contribution in [0.2, 0.25) is 0 Å². The number of anilines is 1. The lowest BCUT2D eigenvalue weighted by Gasteiger charge is -2.15. The predicted octanol–water partition coefficient (Wildman–Crippen LogP) is 4.29. The summed E-state index contributed by atoms with van der Waals surface area (Å²) in [5.74, 6) is 0.780. The van der Waals surface area contributed by atoms with Gasteiger partial charge in [-0.1, -0.05) is 13.0 Å². The first kappa shape index (κ1) is 23.1. The molecule has 0 atom stereocenters. The number of aryl methyl sites for hydroxylation is 4. The van der Waals surface area contributed by atoms with Gasteiger partial charge in [-0.25, -0.2) is 13.4 Å². The highest BCUT2D eigenvalue weighted by Gasteiger charge is 2.28. The van der Waals surface area contributed by atoms with Gasteiger partial charge in [0.15, 0.2) is 0 Å². The second kappa shape index (κ2) is 9.50. The van der Waals surface area contributed by atoms with Crippen LogP contribution >= 0.6 is 0 Å². The monoisotopic (exact) mass is 480 g/mol. The number of sulfonamides is 1. The van der Waals surface area contributed by atoms with Crippen LogP contribution in [-0.4, -0.2) is 41.3 Å². The highest BCUT2D eigenvalue weighted by molar-refractivity contribution is 7.89. The van der Waals surface area contributed by atoms with E-state index in [0.29, 0.717) is 36.3 Å². The molecule has 180 valence electrons. The van der Waals surface area contributed by atoms with Crippen LogP contribution in [0.15, 0.2) is 41.3 Å². The summed E-state index contributed by atoms with van der Waals surface area (Å²) in [4.78, 5) is 17.7. The van der Waals surface area contributed by atoms with E-state index in [1.165, 1.54) is 17.5 Å². The molecule has 0 radical (unpaired) electrons. The van der Waals surface area contributed by atoms with Crippen molar-refractivity contribution in [2.75, 3.05) is 18.4 Å². The standard InChI is InChI=1S/C26H32N4O3S/c1-2-14-30-24-11-10-22(34(32,33)29-15-3-4-16-29)18-23(24)28-25(30)12-13-26(31)27-21-9-8-19-6-5-7-20(19)17-21/h8-11,17-18H,2-7,12-16H2,1H3,(H,27,31). The Balaban J connectivity index is 1.33. The van der Waals surface area contributed by atoms with Crippen molar-refractivity contribution in [2.45, 2.75) is 69.7 Å². The molecule has 1 N–H and O–H groups in total. The maximum Gasteiger partial charge on any atom is 0.243 e. The number of nitrogens with one attached hydrogen (secondary N) is 1. The summed E-state index contributed by atoms with van der Waals surface area (Å²) < 4.78 is 29.7. The van der Waals surface area contributed by atoms with Gasteiger partial charge in [-0.2, -0.15) is 4.31 Å². The number of carbonyl (C=O) groups is 1. The molecule has 1 aliphatic carbocycles. The number of imidazole rings is 1. The lowest BCUT2D eigenvalue weighted by molar-refractivity contribution is -0.116. The van der Waals surface area contributed by atoms with Gasteiger partial charge >= 0.3 is 0 Å². The lowest BCUT2D eigenvalue weighted by Crippen LogP contribution is -2.27. The van der Waals surface area contributed by atoms with Crippen LogP contribution in [0.5, 0.6) is 0 Å². The van der Waals surface area contributed by atoms with Crippen molar-refractivity contribution in [1.29, 1.82) is 0 Å². The van der Waals surface area contributed by atoms with Crippen LogP contribution in [0.25, 0.3) is 11.0 Å². The van der Waals surface area contributed by atoms with Crippen LogP contribution in [0.3, 0.4) is 0 Å². The number of benzene rings is 2. The molecule has 7 nitrogen and oxygen atoms in total. The van der Waals surface area contributed by atoms with Gasteiger partial charge in [-0.15, -0.1) is 0 Å². The molecule has 0 unspecified atom stereocenters. The summed E-state index contributed by atoms with van der Waals surface area (Å²) in [5.41, 5.74) is 5.16. The number of fused-ring (bicyclic) bond motifs is 2. The fraction of sp³-hybridized carbons (Fsp3) is 0.462. The molecule has 1 amide bonds. The molecule has 34 heavy (non-hydrogen) atoms. The van der Waals surface area contributed by atoms with Gasteiger partial charge in [0.25, 0.3) is 0 Å². The largest absolute Gasteiger partial charge is 0.328 e. The van der Waals surface area contributed by atoms with E-state index in [4.69, 9.17) is 4.98 Å². The summed E-state index contributed by atoms with van der Waals surface area (Å²) >= 11 is 0. The van der Waals surface area contributed by atoms with Crippen LogP contribution in [0, 0.1) is 0 Å². The molecule has 1 fully saturated rings. The smallest absolute Gasteiger partial charge is 0.243 e. The summed E-state index contributed by atoms with van der Waals surface area (Å²) in [6.45, 7) is 4.03. The molecule has 1 aliphatic heterocycles. The zero-order chi connectivity index (χ0) is 23.7. The Hall–Kier alpha value is -2.71. The number of rotatable bonds is 8. The Bertz CT molecular complexity index is 1320. The first-order valence-corrected chi connectivity index (χ1v) is 13.8. The highest BCUT2D eigenvalue weighted by atomic mass is 32.2. The van der Waals surface area contributed by atoms with Gasteiger partial charge in [0.1, 0.15) is 5.82 Å². The van der Waals surface area contributed by atoms with Crippen molar-refractivity contribution in [3.8, 4) is 0 Å². The van der Waals surface area contributed by atoms with E-state index in [-0.39, 0.29) is 5.91 Å². The number of hydrogen-bond acceptors (Lipinski definition) is 4. The number of nitrogens with zero attached hydrogens (tertiary/aromatic N) is 3. The van der Waals surface area contributed by atoms with Gasteiger partial charge in [0.05, 0.1) is 15.9 Å². The van der Waals surface area contributed by atoms with Gasteiger partial charge in [0.2, 0.25) is 15.9 Å². The van der Waals surface area contributed by atoms with E-state index >= 15 is 0 Å². The molecule has 0 saturated carbocycles. The average molecular weight is 481 g/mol. The van der Waals surface area contributed by atoms with Crippen LogP contribution in [0.1, 0.15) is 56.0 Å². The van der Waals surface area contributed by atoms with Crippen molar-refractivity contribution in [2.24, 2.45) is 0 Å². The first-order valence-electron chi connectivity index (χ1n) is 12.4. The minimum Gasteiger partial charge on any atom is -0.328 e. The Morgan fingerprint density at radius 1 is 1.03 bits per heavy atom. The molecular formula is C26H32N4O3S. The minimum atomic E-state index is -3.49. The lowest BCUT2D eigenvalue weighted by atomic mass is 10.1. The third-order valence-electron chi connectivity index (χ3n) is 6.91. The van der Waals surface area contributed by atoms with Crippen LogP contribution < -0.4 is 5.32 Å². The summed E-state index contributed by atoms with van der Waals surface area (Å²) in [5, 5.41) is 3.03. The van der Waals surface area contributed by atoms with E-state index in [1.807, 2.05) is 12.1 Å². The van der Waals surface area contributed by atoms with E-state index in [2.05, 4.69) is 28.9 Å². The minimum absolute atomic E-state index is 0.0367. The summed E-state index contributed by atoms with van der Waals surface area (Å²) in [7, 11) is -3.49. The zero-order valence-electron chi connectivity index (χ0n) is 19.7. The zero-order valence-corrected chi connectivity index (χ0v) is 20.5. The van der Waals surface area contributed by atoms with Crippen LogP contribution in [0.4, 0.5) is 5.69 Å². The molecule has 3 aromatic rings. The number of hydrogen-bond donors (Lipinski definition) is 1. The van der Waals surface area contributed by atoms with Gasteiger partial charge in [-0.05, 0) is 80.0 Å². The van der Waals surface area contributed by atoms with Crippen molar-refractivity contribution >= 4 is 32.7 Å². The van der Waals surface area contributed by atoms with Crippen molar-refractivity contribution in [3.63, 3.8) is 0 Å². The SMILES string of the molecule is CCCn1c(CCC(=O)Nc2ccc3c(c2)CCC3)nc2cc(S(=O)(=O)N3CCCC3)ccc21. The number of aromatic nitrogens is 2. The van der Waals surface area contributed by atoms with Crippen molar-refractivity contribution < 1.29 is 13.2 Å². The summed E-state index contributed by atoms with van der Waals surface area (Å²) in [6.07, 6.45) is 6.94. The Kier molecular flexibility index (Phi) is 6.44. The quantitative estimate of drug-likeness (QED) is 0.521. The molecule has 1 saturated heterocycles. The van der Waals surface area contributed by atoms with E-state index < -0.39 is 10.0 Å². The fourth-order valence-electron chi connectivity index (χ4n) is 5.16. The summed E-state index contributed by atoms with van der Waals surface area (Å²) in [6, 6.07) is 11.4. The van der Waals surface area contributed by atoms with Gasteiger partial charge < -0.3 is 9.88 Å². The molecule has 2 aliphatic rings. The fourth-order valence-corrected chi connectivity index (χ4v) is 6.70. The van der Waals surface area contributed by atoms with E-state index in [9.17, 15) is 13.2 Å². The topological polar surface area (TPSA) is 84.3 Å². The molecule has 2 heterocycles. The third-order valence-corrected chi connectivity index (χ3v) is 8.80. The second-order valence-corrected chi connectivity index (χ2v) is 11.3. The van der Waals surface area contributed by atoms with E-state index in [0.717, 1.165) is 55.7 Å².